The summed E-state index contributed by atoms with van der Waals surface area (Å²) in [5.74, 6) is 0.544. The molecule has 0 saturated heterocycles. The zero-order chi connectivity index (χ0) is 25.0. The van der Waals surface area contributed by atoms with Gasteiger partial charge in [0.2, 0.25) is 0 Å². The molecule has 0 aromatic heterocycles. The lowest BCUT2D eigenvalue weighted by molar-refractivity contribution is 0.103. The number of ketones is 1. The Hall–Kier alpha value is -3.70. The molecule has 177 valence electrons. The Bertz CT molecular complexity index is 1210. The standard InChI is InChI=1S/C26H26O7P/c1-15-20(22(27)17-11-8-7-9-12-17)16(2)24(33-6)21(23(15)32-5)26(28)34(29)25-18(30-3)13-10-14-19(25)31-4/h7-14H,1-6H3. The van der Waals surface area contributed by atoms with Crippen molar-refractivity contribution in [3.8, 4) is 23.0 Å². The van der Waals surface area contributed by atoms with Crippen LogP contribution < -0.4 is 24.3 Å². The van der Waals surface area contributed by atoms with Crippen molar-refractivity contribution in [3.05, 3.63) is 76.3 Å². The fourth-order valence-electron chi connectivity index (χ4n) is 4.00. The van der Waals surface area contributed by atoms with Gasteiger partial charge in [0.1, 0.15) is 33.9 Å². The molecule has 0 aliphatic carbocycles. The second-order valence-corrected chi connectivity index (χ2v) is 8.81. The van der Waals surface area contributed by atoms with Crippen molar-refractivity contribution in [2.24, 2.45) is 0 Å². The molecule has 8 heteroatoms. The first kappa shape index (κ1) is 24.9. The predicted octanol–water partition coefficient (Wildman–Crippen LogP) is 4.86. The molecule has 3 aromatic carbocycles. The van der Waals surface area contributed by atoms with Crippen molar-refractivity contribution in [1.29, 1.82) is 0 Å². The highest BCUT2D eigenvalue weighted by molar-refractivity contribution is 7.72. The van der Waals surface area contributed by atoms with Gasteiger partial charge in [0, 0.05) is 22.3 Å². The second kappa shape index (κ2) is 10.5. The highest BCUT2D eigenvalue weighted by Crippen LogP contribution is 2.45. The molecule has 0 bridgehead atoms. The molecule has 3 aromatic rings. The lowest BCUT2D eigenvalue weighted by atomic mass is 9.91. The Morgan fingerprint density at radius 3 is 1.62 bits per heavy atom. The van der Waals surface area contributed by atoms with Gasteiger partial charge in [0.05, 0.1) is 28.4 Å². The largest absolute Gasteiger partial charge is 0.496 e. The maximum atomic E-state index is 13.7. The van der Waals surface area contributed by atoms with Crippen molar-refractivity contribution in [1.82, 2.24) is 0 Å². The zero-order valence-electron chi connectivity index (χ0n) is 19.9. The third-order valence-corrected chi connectivity index (χ3v) is 7.00. The fourth-order valence-corrected chi connectivity index (χ4v) is 5.34. The fraction of sp³-hybridized carbons (Fsp3) is 0.231. The molecule has 0 aliphatic heterocycles. The Balaban J connectivity index is 2.25. The normalized spacial score (nSPS) is 10.9. The summed E-state index contributed by atoms with van der Waals surface area (Å²) in [5, 5.41) is 0.136. The molecular formula is C26H26O7P. The van der Waals surface area contributed by atoms with E-state index in [1.54, 1.807) is 56.3 Å². The van der Waals surface area contributed by atoms with Crippen molar-refractivity contribution in [3.63, 3.8) is 0 Å². The van der Waals surface area contributed by atoms with Crippen molar-refractivity contribution < 1.29 is 33.1 Å². The van der Waals surface area contributed by atoms with E-state index >= 15 is 0 Å². The van der Waals surface area contributed by atoms with Crippen LogP contribution in [0.25, 0.3) is 0 Å². The van der Waals surface area contributed by atoms with Gasteiger partial charge in [-0.1, -0.05) is 36.4 Å². The number of methoxy groups -OCH3 is 4. The minimum Gasteiger partial charge on any atom is -0.496 e. The first-order valence-electron chi connectivity index (χ1n) is 10.4. The summed E-state index contributed by atoms with van der Waals surface area (Å²) < 4.78 is 35.4. The molecule has 7 nitrogen and oxygen atoms in total. The number of carbonyl (C=O) groups excluding carboxylic acids is 2. The third kappa shape index (κ3) is 4.27. The Kier molecular flexibility index (Phi) is 7.69. The summed E-state index contributed by atoms with van der Waals surface area (Å²) in [4.78, 5) is 27.0. The summed E-state index contributed by atoms with van der Waals surface area (Å²) in [7, 11) is 2.94. The lowest BCUT2D eigenvalue weighted by Gasteiger charge is -2.21. The second-order valence-electron chi connectivity index (χ2n) is 7.37. The molecule has 1 unspecified atom stereocenters. The van der Waals surface area contributed by atoms with Gasteiger partial charge in [-0.3, -0.25) is 14.2 Å². The predicted molar refractivity (Wildman–Crippen MR) is 130 cm³/mol. The first-order chi connectivity index (χ1) is 16.3. The van der Waals surface area contributed by atoms with Crippen LogP contribution in [0.3, 0.4) is 0 Å². The van der Waals surface area contributed by atoms with Crippen LogP contribution in [0.4, 0.5) is 0 Å². The highest BCUT2D eigenvalue weighted by atomic mass is 31.1. The smallest absolute Gasteiger partial charge is 0.254 e. The number of hydrogen-bond donors (Lipinski definition) is 0. The van der Waals surface area contributed by atoms with E-state index in [0.29, 0.717) is 22.3 Å². The molecule has 0 saturated carbocycles. The highest BCUT2D eigenvalue weighted by Gasteiger charge is 2.34. The van der Waals surface area contributed by atoms with Crippen LogP contribution in [0.1, 0.15) is 37.4 Å². The minimum absolute atomic E-state index is 0.00122. The quantitative estimate of drug-likeness (QED) is 0.319. The molecule has 34 heavy (non-hydrogen) atoms. The van der Waals surface area contributed by atoms with Crippen LogP contribution in [0, 0.1) is 13.8 Å². The number of hydrogen-bond acceptors (Lipinski definition) is 7. The van der Waals surface area contributed by atoms with Gasteiger partial charge in [-0.2, -0.15) is 0 Å². The Morgan fingerprint density at radius 1 is 0.676 bits per heavy atom. The van der Waals surface area contributed by atoms with Gasteiger partial charge in [0.25, 0.3) is 5.52 Å². The Morgan fingerprint density at radius 2 is 1.18 bits per heavy atom. The van der Waals surface area contributed by atoms with Crippen LogP contribution in [0.2, 0.25) is 0 Å². The van der Waals surface area contributed by atoms with Gasteiger partial charge < -0.3 is 18.9 Å². The molecule has 0 N–H and O–H groups in total. The number of carbonyl (C=O) groups is 2. The van der Waals surface area contributed by atoms with E-state index in [2.05, 4.69) is 0 Å². The molecular weight excluding hydrogens is 455 g/mol. The summed E-state index contributed by atoms with van der Waals surface area (Å²) in [6.07, 6.45) is 0. The molecule has 0 amide bonds. The van der Waals surface area contributed by atoms with E-state index in [0.717, 1.165) is 0 Å². The van der Waals surface area contributed by atoms with Crippen molar-refractivity contribution in [2.45, 2.75) is 13.8 Å². The zero-order valence-corrected chi connectivity index (χ0v) is 20.8. The van der Waals surface area contributed by atoms with Crippen LogP contribution in [-0.4, -0.2) is 39.7 Å². The molecule has 0 fully saturated rings. The van der Waals surface area contributed by atoms with Crippen molar-refractivity contribution >= 4 is 24.4 Å². The molecule has 0 spiro atoms. The first-order valence-corrected chi connectivity index (χ1v) is 11.7. The van der Waals surface area contributed by atoms with E-state index in [1.807, 2.05) is 6.07 Å². The van der Waals surface area contributed by atoms with Gasteiger partial charge in [-0.05, 0) is 26.0 Å². The summed E-state index contributed by atoms with van der Waals surface area (Å²) in [6, 6.07) is 13.7. The van der Waals surface area contributed by atoms with E-state index in [1.165, 1.54) is 28.4 Å². The average molecular weight is 481 g/mol. The third-order valence-electron chi connectivity index (χ3n) is 5.56. The van der Waals surface area contributed by atoms with Crippen LogP contribution in [-0.2, 0) is 4.57 Å². The SMILES string of the molecule is COc1cccc(OC)c1[P](=O)C(=O)c1c(OC)c(C)c(C(=O)c2ccccc2)c(C)c1OC. The van der Waals surface area contributed by atoms with Gasteiger partial charge in [-0.25, -0.2) is 0 Å². The molecule has 3 rings (SSSR count). The van der Waals surface area contributed by atoms with Gasteiger partial charge in [0.15, 0.2) is 13.6 Å². The molecule has 1 atom stereocenters. The molecule has 1 radical (unpaired) electrons. The summed E-state index contributed by atoms with van der Waals surface area (Å²) in [6.45, 7) is 3.38. The van der Waals surface area contributed by atoms with E-state index in [-0.39, 0.29) is 39.6 Å². The maximum Gasteiger partial charge on any atom is 0.254 e. The van der Waals surface area contributed by atoms with Gasteiger partial charge in [-0.15, -0.1) is 0 Å². The number of benzene rings is 3. The van der Waals surface area contributed by atoms with E-state index < -0.39 is 13.3 Å². The maximum absolute atomic E-state index is 13.7. The summed E-state index contributed by atoms with van der Waals surface area (Å²) >= 11 is 0. The topological polar surface area (TPSA) is 88.1 Å². The summed E-state index contributed by atoms with van der Waals surface area (Å²) in [5.41, 5.74) is 1.03. The lowest BCUT2D eigenvalue weighted by Crippen LogP contribution is -2.15. The van der Waals surface area contributed by atoms with Crippen LogP contribution >= 0.6 is 7.80 Å². The van der Waals surface area contributed by atoms with Gasteiger partial charge >= 0.3 is 0 Å². The van der Waals surface area contributed by atoms with E-state index in [4.69, 9.17) is 18.9 Å². The molecule has 0 heterocycles. The Labute approximate surface area is 199 Å². The van der Waals surface area contributed by atoms with Crippen LogP contribution in [0.15, 0.2) is 48.5 Å². The number of rotatable bonds is 9. The van der Waals surface area contributed by atoms with E-state index in [9.17, 15) is 14.2 Å². The number of ether oxygens (including phenoxy) is 4. The van der Waals surface area contributed by atoms with Crippen LogP contribution in [0.5, 0.6) is 23.0 Å². The monoisotopic (exact) mass is 481 g/mol. The minimum atomic E-state index is -2.69. The van der Waals surface area contributed by atoms with Crippen molar-refractivity contribution in [2.75, 3.05) is 28.4 Å². The molecule has 0 aliphatic rings. The average Bonchev–Trinajstić information content (AvgIpc) is 2.87.